The number of aliphatic hydroxyl groups is 3. The smallest absolute Gasteiger partial charge is 0.308 e. The second kappa shape index (κ2) is 20.4. The SMILES string of the molecule is C=C1C[C@@H]2CC[C@]34CC(O)C(O3)[C@@H]3O[C@H]5CC[C@H](CC(=O)O[C@@H]6C[C@@H]7O[C@@H]8C[C@]9(C[C@@H]%10O[C@@]%11(CC[C@@H]%10O9)C[C@H](C)[C@@H]9O[C@H]([C@@H](O)CCO)C[C@@H]9O%11)O[C@@H]8C[C@@H]7O[C@H]6C[C@H]6O[C@@H](CC[C@@H]1O2)C[C@@H](C)C6=C)O[C@@H]5[C@H](O4)[C@@H]3I. The summed E-state index contributed by atoms with van der Waals surface area (Å²) in [6.45, 7) is 13.4. The second-order valence-electron chi connectivity index (χ2n) is 25.8. The van der Waals surface area contributed by atoms with Crippen molar-refractivity contribution in [2.24, 2.45) is 11.8 Å². The first-order valence-corrected chi connectivity index (χ1v) is 30.7. The van der Waals surface area contributed by atoms with Crippen molar-refractivity contribution in [1.82, 2.24) is 0 Å². The standard InChI is InChI=1S/C57H81IO18/c1-26-15-30-5-7-35-27(2)16-32(63-35)9-12-56-23-34(61)51(75-56)53-49(58)54(76-56)52-37(69-53)8-6-31(65-52)17-48(62)68-43-20-41-42(66-40(43)18-38(64-30)29(26)4)21-44-46(67-41)24-57(72-44)25-47-36(71-57)10-13-55(74-47)22-28(3)50-45(73-55)19-39(70-50)33(60)11-14-59/h26,28,30-47,49-54,59-61H,2,4-25H2,1,3H3/t26-,28+,30+,31-,32+,33+,34?,35+,36+,37+,38-,39+,40+,41+,42+,43-,44-,45+,46-,47+,49-,50+,51?,52+,53-,54-,55+,56+,57-/m1/s1. The van der Waals surface area contributed by atoms with Gasteiger partial charge >= 0.3 is 5.97 Å². The Balaban J connectivity index is 0.678. The molecule has 76 heavy (non-hydrogen) atoms. The molecule has 14 saturated heterocycles. The molecule has 10 bridgehead atoms. The van der Waals surface area contributed by atoms with Crippen molar-refractivity contribution in [1.29, 1.82) is 0 Å². The van der Waals surface area contributed by atoms with Crippen LogP contribution < -0.4 is 0 Å². The van der Waals surface area contributed by atoms with Crippen LogP contribution in [-0.4, -0.2) is 190 Å². The summed E-state index contributed by atoms with van der Waals surface area (Å²) in [7, 11) is 0. The molecular formula is C57H81IO18. The molecule has 14 aliphatic rings. The van der Waals surface area contributed by atoms with Crippen LogP contribution in [0.3, 0.4) is 0 Å². The highest BCUT2D eigenvalue weighted by Crippen LogP contribution is 2.56. The Hall–Kier alpha value is -0.960. The summed E-state index contributed by atoms with van der Waals surface area (Å²) < 4.78 is 95.6. The Labute approximate surface area is 459 Å². The van der Waals surface area contributed by atoms with E-state index in [0.717, 1.165) is 43.3 Å². The lowest BCUT2D eigenvalue weighted by Gasteiger charge is -2.49. The minimum Gasteiger partial charge on any atom is -0.459 e. The van der Waals surface area contributed by atoms with E-state index < -0.39 is 60.1 Å². The van der Waals surface area contributed by atoms with E-state index in [1.54, 1.807) is 0 Å². The second-order valence-corrected chi connectivity index (χ2v) is 27.2. The van der Waals surface area contributed by atoms with Crippen molar-refractivity contribution < 1.29 is 86.4 Å². The van der Waals surface area contributed by atoms with E-state index in [9.17, 15) is 20.1 Å². The highest BCUT2D eigenvalue weighted by atomic mass is 127. The van der Waals surface area contributed by atoms with E-state index in [1.807, 2.05) is 0 Å². The molecule has 3 spiro atoms. The number of hydrogen-bond acceptors (Lipinski definition) is 18. The van der Waals surface area contributed by atoms with Crippen LogP contribution in [0.5, 0.6) is 0 Å². The predicted octanol–water partition coefficient (Wildman–Crippen LogP) is 5.47. The fourth-order valence-electron chi connectivity index (χ4n) is 16.8. The number of fused-ring (bicyclic) bond motifs is 13. The highest BCUT2D eigenvalue weighted by Gasteiger charge is 2.65. The number of hydrogen-bond donors (Lipinski definition) is 3. The number of alkyl halides is 1. The van der Waals surface area contributed by atoms with E-state index in [-0.39, 0.29) is 139 Å². The van der Waals surface area contributed by atoms with Crippen molar-refractivity contribution in [2.75, 3.05) is 6.61 Å². The summed E-state index contributed by atoms with van der Waals surface area (Å²) in [5, 5.41) is 31.5. The Morgan fingerprint density at radius 1 is 0.566 bits per heavy atom. The number of carbonyl (C=O) groups excluding carboxylic acids is 1. The van der Waals surface area contributed by atoms with Gasteiger partial charge in [-0.2, -0.15) is 0 Å². The molecule has 14 heterocycles. The molecular weight excluding hydrogens is 1100 g/mol. The fourth-order valence-corrected chi connectivity index (χ4v) is 17.9. The van der Waals surface area contributed by atoms with E-state index >= 15 is 0 Å². The van der Waals surface area contributed by atoms with Gasteiger partial charge in [0.2, 0.25) is 0 Å². The van der Waals surface area contributed by atoms with Crippen LogP contribution >= 0.6 is 22.6 Å². The number of ether oxygens (including phenoxy) is 14. The monoisotopic (exact) mass is 1180 g/mol. The maximum absolute atomic E-state index is 14.4. The van der Waals surface area contributed by atoms with Crippen molar-refractivity contribution in [3.63, 3.8) is 0 Å². The number of halogens is 1. The molecule has 0 saturated carbocycles. The summed E-state index contributed by atoms with van der Waals surface area (Å²) in [5.74, 6) is -2.62. The van der Waals surface area contributed by atoms with Gasteiger partial charge in [0, 0.05) is 70.8 Å². The molecule has 0 aromatic carbocycles. The molecule has 3 N–H and O–H groups in total. The number of rotatable bonds is 3. The van der Waals surface area contributed by atoms with Crippen molar-refractivity contribution in [3.05, 3.63) is 24.3 Å². The Morgan fingerprint density at radius 3 is 2.12 bits per heavy atom. The lowest BCUT2D eigenvalue weighted by Crippen LogP contribution is -2.63. The molecule has 2 unspecified atom stereocenters. The third-order valence-electron chi connectivity index (χ3n) is 20.5. The van der Waals surface area contributed by atoms with E-state index in [0.29, 0.717) is 83.5 Å². The first kappa shape index (κ1) is 53.1. The van der Waals surface area contributed by atoms with Crippen molar-refractivity contribution in [2.45, 2.75) is 304 Å². The third-order valence-corrected chi connectivity index (χ3v) is 22.0. The molecule has 29 atom stereocenters. The molecule has 424 valence electrons. The molecule has 14 aliphatic heterocycles. The quantitative estimate of drug-likeness (QED) is 0.139. The number of carbonyl (C=O) groups is 1. The lowest BCUT2D eigenvalue weighted by atomic mass is 9.83. The zero-order valence-electron chi connectivity index (χ0n) is 44.1. The van der Waals surface area contributed by atoms with Crippen LogP contribution in [-0.2, 0) is 71.1 Å². The minimum absolute atomic E-state index is 0.0240. The lowest BCUT2D eigenvalue weighted by molar-refractivity contribution is -0.339. The van der Waals surface area contributed by atoms with Crippen molar-refractivity contribution in [3.8, 4) is 0 Å². The maximum Gasteiger partial charge on any atom is 0.308 e. The molecule has 14 fully saturated rings. The van der Waals surface area contributed by atoms with E-state index in [1.165, 1.54) is 0 Å². The van der Waals surface area contributed by atoms with Gasteiger partial charge in [0.1, 0.15) is 30.5 Å². The molecule has 14 rings (SSSR count). The Kier molecular flexibility index (Phi) is 14.3. The van der Waals surface area contributed by atoms with Crippen molar-refractivity contribution >= 4 is 28.6 Å². The molecule has 0 aromatic heterocycles. The van der Waals surface area contributed by atoms with Gasteiger partial charge in [0.15, 0.2) is 17.4 Å². The molecule has 18 nitrogen and oxygen atoms in total. The molecule has 0 amide bonds. The molecule has 0 radical (unpaired) electrons. The van der Waals surface area contributed by atoms with Gasteiger partial charge < -0.3 is 81.6 Å². The van der Waals surface area contributed by atoms with Gasteiger partial charge in [-0.05, 0) is 80.8 Å². The summed E-state index contributed by atoms with van der Waals surface area (Å²) in [6.07, 6.45) is 4.25. The molecule has 0 aliphatic carbocycles. The zero-order valence-corrected chi connectivity index (χ0v) is 46.3. The van der Waals surface area contributed by atoms with Gasteiger partial charge in [-0.3, -0.25) is 4.79 Å². The largest absolute Gasteiger partial charge is 0.459 e. The van der Waals surface area contributed by atoms with Gasteiger partial charge in [0.25, 0.3) is 0 Å². The summed E-state index contributed by atoms with van der Waals surface area (Å²) in [4.78, 5) is 14.4. The first-order valence-electron chi connectivity index (χ1n) is 29.4. The minimum atomic E-state index is -1.01. The number of aliphatic hydroxyl groups excluding tert-OH is 3. The van der Waals surface area contributed by atoms with Gasteiger partial charge in [0.05, 0.1) is 120 Å². The van der Waals surface area contributed by atoms with E-state index in [2.05, 4.69) is 49.6 Å². The van der Waals surface area contributed by atoms with Crippen LogP contribution in [0.25, 0.3) is 0 Å². The number of esters is 1. The first-order chi connectivity index (χ1) is 36.6. The van der Waals surface area contributed by atoms with E-state index in [4.69, 9.17) is 66.3 Å². The van der Waals surface area contributed by atoms with Crippen LogP contribution in [0.15, 0.2) is 24.3 Å². The average molecular weight is 1180 g/mol. The van der Waals surface area contributed by atoms with Gasteiger partial charge in [-0.15, -0.1) is 0 Å². The fraction of sp³-hybridized carbons (Fsp3) is 0.912. The van der Waals surface area contributed by atoms with Crippen LogP contribution in [0.1, 0.15) is 142 Å². The van der Waals surface area contributed by atoms with Crippen LogP contribution in [0.4, 0.5) is 0 Å². The van der Waals surface area contributed by atoms with Crippen LogP contribution in [0.2, 0.25) is 0 Å². The normalized spacial score (nSPS) is 56.2. The summed E-state index contributed by atoms with van der Waals surface area (Å²) in [5.41, 5.74) is 2.12. The average Bonchev–Trinajstić information content (AvgIpc) is 4.28. The Morgan fingerprint density at radius 2 is 1.26 bits per heavy atom. The highest BCUT2D eigenvalue weighted by molar-refractivity contribution is 14.1. The topological polar surface area (TPSA) is 207 Å². The predicted molar refractivity (Wildman–Crippen MR) is 274 cm³/mol. The van der Waals surface area contributed by atoms with Gasteiger partial charge in [-0.25, -0.2) is 0 Å². The third kappa shape index (κ3) is 9.67. The molecule has 19 heteroatoms. The summed E-state index contributed by atoms with van der Waals surface area (Å²) in [6, 6.07) is 0. The Bertz CT molecular complexity index is 2210. The summed E-state index contributed by atoms with van der Waals surface area (Å²) >= 11 is 2.39. The van der Waals surface area contributed by atoms with Gasteiger partial charge in [-0.1, -0.05) is 49.6 Å². The maximum atomic E-state index is 14.4. The molecule has 0 aromatic rings. The van der Waals surface area contributed by atoms with Crippen LogP contribution in [0, 0.1) is 11.8 Å². The zero-order chi connectivity index (χ0) is 52.0.